The Balaban J connectivity index is 2.65. The number of esters is 1. The van der Waals surface area contributed by atoms with Gasteiger partial charge in [0.15, 0.2) is 0 Å². The summed E-state index contributed by atoms with van der Waals surface area (Å²) in [5, 5.41) is 0. The number of Topliss-reactive ketones (excluding diaryl/α,β-unsaturated/α-hetero) is 1. The zero-order valence-electron chi connectivity index (χ0n) is 8.91. The van der Waals surface area contributed by atoms with Crippen LogP contribution < -0.4 is 0 Å². The molecule has 0 aromatic carbocycles. The molecule has 0 aromatic rings. The number of carbonyl (C=O) groups is 2. The minimum atomic E-state index is -0.514. The summed E-state index contributed by atoms with van der Waals surface area (Å²) in [5.74, 6) is -0.706. The number of hydrogen-bond donors (Lipinski definition) is 0. The van der Waals surface area contributed by atoms with E-state index in [1.165, 1.54) is 20.5 Å². The number of rotatable bonds is 3. The Morgan fingerprint density at radius 2 is 1.79 bits per heavy atom. The molecule has 1 aliphatic rings. The van der Waals surface area contributed by atoms with E-state index in [-0.39, 0.29) is 17.7 Å². The molecule has 0 aromatic heterocycles. The van der Waals surface area contributed by atoms with E-state index in [1.807, 2.05) is 0 Å². The molecule has 0 radical (unpaired) electrons. The third kappa shape index (κ3) is 2.56. The second-order valence-electron chi connectivity index (χ2n) is 4.01. The molecule has 0 heterocycles. The van der Waals surface area contributed by atoms with Gasteiger partial charge in [-0.25, -0.2) is 0 Å². The van der Waals surface area contributed by atoms with Crippen LogP contribution in [0.2, 0.25) is 0 Å². The monoisotopic (exact) mass is 198 g/mol. The molecule has 1 atom stereocenters. The molecule has 1 saturated carbocycles. The van der Waals surface area contributed by atoms with Crippen LogP contribution in [0.3, 0.4) is 0 Å². The van der Waals surface area contributed by atoms with Crippen LogP contribution in [-0.4, -0.2) is 18.9 Å². The average Bonchev–Trinajstić information content (AvgIpc) is 2.19. The van der Waals surface area contributed by atoms with Gasteiger partial charge in [0.1, 0.15) is 11.7 Å². The van der Waals surface area contributed by atoms with E-state index >= 15 is 0 Å². The van der Waals surface area contributed by atoms with Gasteiger partial charge in [-0.05, 0) is 25.7 Å². The van der Waals surface area contributed by atoms with Gasteiger partial charge in [-0.1, -0.05) is 19.3 Å². The highest BCUT2D eigenvalue weighted by Gasteiger charge is 2.33. The van der Waals surface area contributed by atoms with Crippen LogP contribution in [0.1, 0.15) is 39.0 Å². The number of carbonyl (C=O) groups excluding carboxylic acids is 2. The van der Waals surface area contributed by atoms with Crippen molar-refractivity contribution in [1.29, 1.82) is 0 Å². The first-order chi connectivity index (χ1) is 6.66. The van der Waals surface area contributed by atoms with Gasteiger partial charge in [-0.2, -0.15) is 0 Å². The Bertz CT molecular complexity index is 217. The summed E-state index contributed by atoms with van der Waals surface area (Å²) < 4.78 is 4.67. The summed E-state index contributed by atoms with van der Waals surface area (Å²) in [4.78, 5) is 22.8. The van der Waals surface area contributed by atoms with E-state index < -0.39 is 5.92 Å². The van der Waals surface area contributed by atoms with Crippen molar-refractivity contribution in [2.45, 2.75) is 39.0 Å². The van der Waals surface area contributed by atoms with E-state index in [4.69, 9.17) is 0 Å². The highest BCUT2D eigenvalue weighted by Crippen LogP contribution is 2.31. The fourth-order valence-electron chi connectivity index (χ4n) is 2.28. The summed E-state index contributed by atoms with van der Waals surface area (Å²) in [6.45, 7) is 1.48. The lowest BCUT2D eigenvalue weighted by Gasteiger charge is -2.26. The van der Waals surface area contributed by atoms with Gasteiger partial charge in [-0.3, -0.25) is 9.59 Å². The third-order valence-corrected chi connectivity index (χ3v) is 3.01. The predicted molar refractivity (Wildman–Crippen MR) is 52.8 cm³/mol. The van der Waals surface area contributed by atoms with Crippen LogP contribution in [0, 0.1) is 11.8 Å². The minimum Gasteiger partial charge on any atom is -0.468 e. The molecule has 0 saturated heterocycles. The fourth-order valence-corrected chi connectivity index (χ4v) is 2.28. The predicted octanol–water partition coefficient (Wildman–Crippen LogP) is 1.94. The van der Waals surface area contributed by atoms with E-state index in [9.17, 15) is 9.59 Å². The molecule has 0 N–H and O–H groups in total. The van der Waals surface area contributed by atoms with Gasteiger partial charge >= 0.3 is 5.97 Å². The maximum Gasteiger partial charge on any atom is 0.316 e. The largest absolute Gasteiger partial charge is 0.468 e. The zero-order valence-corrected chi connectivity index (χ0v) is 8.91. The first-order valence-corrected chi connectivity index (χ1v) is 5.25. The second kappa shape index (κ2) is 5.13. The summed E-state index contributed by atoms with van der Waals surface area (Å²) in [5.41, 5.74) is 0. The smallest absolute Gasteiger partial charge is 0.316 e. The maximum absolute atomic E-state index is 11.4. The Morgan fingerprint density at radius 3 is 2.21 bits per heavy atom. The maximum atomic E-state index is 11.4. The van der Waals surface area contributed by atoms with E-state index in [0.29, 0.717) is 0 Å². The first-order valence-electron chi connectivity index (χ1n) is 5.25. The summed E-state index contributed by atoms with van der Waals surface area (Å²) in [6.07, 6.45) is 5.46. The molecule has 0 bridgehead atoms. The van der Waals surface area contributed by atoms with Crippen LogP contribution in [0.5, 0.6) is 0 Å². The number of methoxy groups -OCH3 is 1. The molecule has 14 heavy (non-hydrogen) atoms. The third-order valence-electron chi connectivity index (χ3n) is 3.01. The average molecular weight is 198 g/mol. The van der Waals surface area contributed by atoms with Crippen LogP contribution in [0.25, 0.3) is 0 Å². The molecule has 0 aliphatic heterocycles. The van der Waals surface area contributed by atoms with E-state index in [1.54, 1.807) is 0 Å². The first kappa shape index (κ1) is 11.2. The van der Waals surface area contributed by atoms with Crippen LogP contribution in [0.15, 0.2) is 0 Å². The molecule has 1 fully saturated rings. The zero-order chi connectivity index (χ0) is 10.6. The second-order valence-corrected chi connectivity index (χ2v) is 4.01. The minimum absolute atomic E-state index is 0.0521. The van der Waals surface area contributed by atoms with Crippen LogP contribution in [0.4, 0.5) is 0 Å². The van der Waals surface area contributed by atoms with Crippen molar-refractivity contribution in [3.63, 3.8) is 0 Å². The lowest BCUT2D eigenvalue weighted by Crippen LogP contribution is -2.32. The van der Waals surface area contributed by atoms with Crippen molar-refractivity contribution in [2.24, 2.45) is 11.8 Å². The van der Waals surface area contributed by atoms with Crippen molar-refractivity contribution in [3.05, 3.63) is 0 Å². The fraction of sp³-hybridized carbons (Fsp3) is 0.818. The number of hydrogen-bond acceptors (Lipinski definition) is 3. The quantitative estimate of drug-likeness (QED) is 0.514. The van der Waals surface area contributed by atoms with Crippen LogP contribution in [-0.2, 0) is 14.3 Å². The molecule has 0 amide bonds. The Kier molecular flexibility index (Phi) is 4.11. The van der Waals surface area contributed by atoms with Crippen molar-refractivity contribution >= 4 is 11.8 Å². The van der Waals surface area contributed by atoms with Crippen molar-refractivity contribution < 1.29 is 14.3 Å². The van der Waals surface area contributed by atoms with Gasteiger partial charge in [-0.15, -0.1) is 0 Å². The molecule has 3 heteroatoms. The van der Waals surface area contributed by atoms with Gasteiger partial charge in [0.05, 0.1) is 7.11 Å². The summed E-state index contributed by atoms with van der Waals surface area (Å²) in [6, 6.07) is 0. The van der Waals surface area contributed by atoms with Crippen molar-refractivity contribution in [2.75, 3.05) is 7.11 Å². The van der Waals surface area contributed by atoms with Crippen molar-refractivity contribution in [1.82, 2.24) is 0 Å². The highest BCUT2D eigenvalue weighted by molar-refractivity contribution is 5.98. The Morgan fingerprint density at radius 1 is 1.21 bits per heavy atom. The lowest BCUT2D eigenvalue weighted by atomic mass is 9.78. The molecule has 3 nitrogen and oxygen atoms in total. The summed E-state index contributed by atoms with van der Waals surface area (Å²) in [7, 11) is 1.35. The van der Waals surface area contributed by atoms with Gasteiger partial charge in [0.2, 0.25) is 0 Å². The Hall–Kier alpha value is -0.860. The lowest BCUT2D eigenvalue weighted by molar-refractivity contribution is -0.151. The van der Waals surface area contributed by atoms with E-state index in [0.717, 1.165) is 25.7 Å². The van der Waals surface area contributed by atoms with E-state index in [2.05, 4.69) is 4.74 Å². The van der Waals surface area contributed by atoms with Gasteiger partial charge in [0.25, 0.3) is 0 Å². The standard InChI is InChI=1S/C11H18O3/c1-8(12)10(11(13)14-2)9-6-4-3-5-7-9/h9-10H,3-7H2,1-2H3/t10-/m1/s1. The summed E-state index contributed by atoms with van der Waals surface area (Å²) >= 11 is 0. The van der Waals surface area contributed by atoms with Gasteiger partial charge < -0.3 is 4.74 Å². The number of ether oxygens (including phenoxy) is 1. The molecule has 1 rings (SSSR count). The highest BCUT2D eigenvalue weighted by atomic mass is 16.5. The van der Waals surface area contributed by atoms with Gasteiger partial charge in [0, 0.05) is 0 Å². The SMILES string of the molecule is COC(=O)[C@H](C(C)=O)C1CCCCC1. The molecule has 80 valence electrons. The van der Waals surface area contributed by atoms with Crippen LogP contribution >= 0.6 is 0 Å². The molecule has 0 spiro atoms. The Labute approximate surface area is 84.8 Å². The van der Waals surface area contributed by atoms with Crippen molar-refractivity contribution in [3.8, 4) is 0 Å². The normalized spacial score (nSPS) is 20.1. The topological polar surface area (TPSA) is 43.4 Å². The molecule has 0 unspecified atom stereocenters. The molecular weight excluding hydrogens is 180 g/mol. The molecular formula is C11H18O3. The number of ketones is 1. The molecule has 1 aliphatic carbocycles.